The molecule has 106 valence electrons. The summed E-state index contributed by atoms with van der Waals surface area (Å²) in [5.74, 6) is 1.74. The first-order valence-corrected chi connectivity index (χ1v) is 7.08. The number of ether oxygens (including phenoxy) is 1. The monoisotopic (exact) mass is 273 g/mol. The van der Waals surface area contributed by atoms with E-state index in [9.17, 15) is 0 Å². The van der Waals surface area contributed by atoms with Crippen LogP contribution in [0.25, 0.3) is 11.5 Å². The van der Waals surface area contributed by atoms with Crippen molar-refractivity contribution in [3.63, 3.8) is 0 Å². The molecule has 2 aromatic rings. The van der Waals surface area contributed by atoms with E-state index in [1.54, 1.807) is 0 Å². The molecule has 2 N–H and O–H groups in total. The zero-order chi connectivity index (χ0) is 13.8. The van der Waals surface area contributed by atoms with Gasteiger partial charge in [-0.3, -0.25) is 0 Å². The van der Waals surface area contributed by atoms with Gasteiger partial charge in [0.25, 0.3) is 5.89 Å². The van der Waals surface area contributed by atoms with E-state index in [-0.39, 0.29) is 0 Å². The first-order valence-electron chi connectivity index (χ1n) is 7.08. The van der Waals surface area contributed by atoms with Crippen LogP contribution < -0.4 is 5.73 Å². The van der Waals surface area contributed by atoms with E-state index in [2.05, 4.69) is 16.2 Å². The Kier molecular flexibility index (Phi) is 4.08. The van der Waals surface area contributed by atoms with E-state index in [0.717, 1.165) is 49.4 Å². The van der Waals surface area contributed by atoms with Crippen molar-refractivity contribution in [2.24, 2.45) is 5.73 Å². The van der Waals surface area contributed by atoms with Crippen molar-refractivity contribution >= 4 is 0 Å². The van der Waals surface area contributed by atoms with E-state index < -0.39 is 0 Å². The van der Waals surface area contributed by atoms with Gasteiger partial charge < -0.3 is 15.0 Å². The molecule has 0 radical (unpaired) electrons. The molecule has 1 fully saturated rings. The first kappa shape index (κ1) is 13.3. The van der Waals surface area contributed by atoms with Crippen LogP contribution in [0.15, 0.2) is 28.8 Å². The minimum atomic E-state index is 0.350. The van der Waals surface area contributed by atoms with Crippen molar-refractivity contribution in [3.8, 4) is 11.5 Å². The van der Waals surface area contributed by atoms with Crippen molar-refractivity contribution in [1.82, 2.24) is 10.1 Å². The number of nitrogens with two attached hydrogens (primary N) is 1. The third kappa shape index (κ3) is 2.73. The highest BCUT2D eigenvalue weighted by Gasteiger charge is 2.22. The van der Waals surface area contributed by atoms with Crippen LogP contribution in [-0.2, 0) is 11.2 Å². The lowest BCUT2D eigenvalue weighted by molar-refractivity contribution is 0.0830. The Balaban J connectivity index is 1.86. The van der Waals surface area contributed by atoms with Gasteiger partial charge in [-0.05, 0) is 37.4 Å². The molecule has 1 aromatic heterocycles. The maximum Gasteiger partial charge on any atom is 0.258 e. The standard InChI is InChI=1S/C15H19N3O2/c16-8-5-11-3-1-2-4-13(11)15-17-14(18-20-15)12-6-9-19-10-7-12/h1-4,12H,5-10,16H2. The quantitative estimate of drug-likeness (QED) is 0.923. The molecule has 0 bridgehead atoms. The summed E-state index contributed by atoms with van der Waals surface area (Å²) in [5.41, 5.74) is 7.79. The second-order valence-electron chi connectivity index (χ2n) is 5.04. The fourth-order valence-corrected chi connectivity index (χ4v) is 2.57. The Morgan fingerprint density at radius 3 is 2.80 bits per heavy atom. The van der Waals surface area contributed by atoms with Crippen molar-refractivity contribution in [2.45, 2.75) is 25.2 Å². The van der Waals surface area contributed by atoms with Gasteiger partial charge in [-0.1, -0.05) is 23.4 Å². The highest BCUT2D eigenvalue weighted by atomic mass is 16.5. The molecule has 0 saturated carbocycles. The average molecular weight is 273 g/mol. The van der Waals surface area contributed by atoms with Gasteiger partial charge in [-0.2, -0.15) is 4.98 Å². The molecule has 5 heteroatoms. The van der Waals surface area contributed by atoms with E-state index in [1.165, 1.54) is 0 Å². The van der Waals surface area contributed by atoms with Gasteiger partial charge in [0.2, 0.25) is 0 Å². The first-order chi connectivity index (χ1) is 9.88. The third-order valence-electron chi connectivity index (χ3n) is 3.69. The van der Waals surface area contributed by atoms with Gasteiger partial charge >= 0.3 is 0 Å². The van der Waals surface area contributed by atoms with Crippen LogP contribution >= 0.6 is 0 Å². The molecule has 0 amide bonds. The predicted molar refractivity (Wildman–Crippen MR) is 75.3 cm³/mol. The van der Waals surface area contributed by atoms with E-state index in [1.807, 2.05) is 18.2 Å². The zero-order valence-electron chi connectivity index (χ0n) is 11.4. The lowest BCUT2D eigenvalue weighted by Crippen LogP contribution is -2.15. The second-order valence-corrected chi connectivity index (χ2v) is 5.04. The topological polar surface area (TPSA) is 74.2 Å². The van der Waals surface area contributed by atoms with Gasteiger partial charge in [0.1, 0.15) is 0 Å². The molecule has 1 aromatic carbocycles. The van der Waals surface area contributed by atoms with Crippen LogP contribution in [0.1, 0.15) is 30.1 Å². The number of hydrogen-bond donors (Lipinski definition) is 1. The SMILES string of the molecule is NCCc1ccccc1-c1nc(C2CCOCC2)no1. The van der Waals surface area contributed by atoms with E-state index in [4.69, 9.17) is 15.0 Å². The fraction of sp³-hybridized carbons (Fsp3) is 0.467. The second kappa shape index (κ2) is 6.15. The van der Waals surface area contributed by atoms with Crippen LogP contribution in [0.3, 0.4) is 0 Å². The van der Waals surface area contributed by atoms with E-state index in [0.29, 0.717) is 18.4 Å². The Labute approximate surface area is 118 Å². The molecule has 5 nitrogen and oxygen atoms in total. The number of hydrogen-bond acceptors (Lipinski definition) is 5. The minimum absolute atomic E-state index is 0.350. The van der Waals surface area contributed by atoms with Crippen LogP contribution in [-0.4, -0.2) is 29.9 Å². The molecule has 1 aliphatic rings. The summed E-state index contributed by atoms with van der Waals surface area (Å²) in [7, 11) is 0. The Morgan fingerprint density at radius 2 is 2.00 bits per heavy atom. The van der Waals surface area contributed by atoms with Crippen LogP contribution in [0.5, 0.6) is 0 Å². The van der Waals surface area contributed by atoms with Crippen molar-refractivity contribution in [1.29, 1.82) is 0 Å². The molecule has 0 spiro atoms. The summed E-state index contributed by atoms with van der Waals surface area (Å²) in [6.07, 6.45) is 2.73. The van der Waals surface area contributed by atoms with E-state index >= 15 is 0 Å². The molecule has 0 unspecified atom stereocenters. The Hall–Kier alpha value is -1.72. The molecule has 20 heavy (non-hydrogen) atoms. The molecule has 2 heterocycles. The van der Waals surface area contributed by atoms with Gasteiger partial charge in [-0.25, -0.2) is 0 Å². The largest absolute Gasteiger partial charge is 0.381 e. The van der Waals surface area contributed by atoms with Gasteiger partial charge in [-0.15, -0.1) is 0 Å². The molecule has 3 rings (SSSR count). The summed E-state index contributed by atoms with van der Waals surface area (Å²) in [4.78, 5) is 4.57. The molecular formula is C15H19N3O2. The van der Waals surface area contributed by atoms with Gasteiger partial charge in [0.05, 0.1) is 0 Å². The molecule has 0 atom stereocenters. The fourth-order valence-electron chi connectivity index (χ4n) is 2.57. The maximum absolute atomic E-state index is 5.65. The van der Waals surface area contributed by atoms with Crippen LogP contribution in [0.2, 0.25) is 0 Å². The van der Waals surface area contributed by atoms with Gasteiger partial charge in [0.15, 0.2) is 5.82 Å². The smallest absolute Gasteiger partial charge is 0.258 e. The maximum atomic E-state index is 5.65. The summed E-state index contributed by atoms with van der Waals surface area (Å²) in [6, 6.07) is 8.05. The Morgan fingerprint density at radius 1 is 1.20 bits per heavy atom. The molecule has 0 aliphatic carbocycles. The number of aromatic nitrogens is 2. The highest BCUT2D eigenvalue weighted by Crippen LogP contribution is 2.28. The zero-order valence-corrected chi connectivity index (χ0v) is 11.4. The number of rotatable bonds is 4. The third-order valence-corrected chi connectivity index (χ3v) is 3.69. The van der Waals surface area contributed by atoms with Crippen molar-refractivity contribution in [2.75, 3.05) is 19.8 Å². The van der Waals surface area contributed by atoms with Crippen molar-refractivity contribution in [3.05, 3.63) is 35.7 Å². The highest BCUT2D eigenvalue weighted by molar-refractivity contribution is 5.58. The summed E-state index contributed by atoms with van der Waals surface area (Å²) >= 11 is 0. The minimum Gasteiger partial charge on any atom is -0.381 e. The van der Waals surface area contributed by atoms with Gasteiger partial charge in [0, 0.05) is 24.7 Å². The van der Waals surface area contributed by atoms with Crippen LogP contribution in [0, 0.1) is 0 Å². The summed E-state index contributed by atoms with van der Waals surface area (Å²) < 4.78 is 10.8. The lowest BCUT2D eigenvalue weighted by Gasteiger charge is -2.18. The lowest BCUT2D eigenvalue weighted by atomic mass is 10.00. The van der Waals surface area contributed by atoms with Crippen LogP contribution in [0.4, 0.5) is 0 Å². The van der Waals surface area contributed by atoms with Crippen molar-refractivity contribution < 1.29 is 9.26 Å². The predicted octanol–water partition coefficient (Wildman–Crippen LogP) is 2.13. The Bertz CT molecular complexity index is 562. The summed E-state index contributed by atoms with van der Waals surface area (Å²) in [5, 5.41) is 4.14. The molecule has 1 saturated heterocycles. The molecular weight excluding hydrogens is 254 g/mol. The summed E-state index contributed by atoms with van der Waals surface area (Å²) in [6.45, 7) is 2.16. The normalized spacial score (nSPS) is 16.4. The molecule has 1 aliphatic heterocycles. The number of benzene rings is 1. The average Bonchev–Trinajstić information content (AvgIpc) is 2.99. The number of nitrogens with zero attached hydrogens (tertiary/aromatic N) is 2.